The molecule has 0 bridgehead atoms. The van der Waals surface area contributed by atoms with Gasteiger partial charge in [0.15, 0.2) is 0 Å². The van der Waals surface area contributed by atoms with Gasteiger partial charge in [-0.25, -0.2) is 0 Å². The molecule has 2 saturated heterocycles. The lowest BCUT2D eigenvalue weighted by Crippen LogP contribution is -2.47. The lowest BCUT2D eigenvalue weighted by Gasteiger charge is -2.33. The van der Waals surface area contributed by atoms with Gasteiger partial charge in [-0.3, -0.25) is 9.59 Å². The van der Waals surface area contributed by atoms with E-state index < -0.39 is 0 Å². The second-order valence-electron chi connectivity index (χ2n) is 7.35. The number of likely N-dealkylation sites (tertiary alicyclic amines) is 1. The molecule has 6 heteroatoms. The highest BCUT2D eigenvalue weighted by Gasteiger charge is 2.26. The van der Waals surface area contributed by atoms with Gasteiger partial charge in [0.25, 0.3) is 0 Å². The van der Waals surface area contributed by atoms with Crippen molar-refractivity contribution in [3.63, 3.8) is 0 Å². The topological polar surface area (TPSA) is 61.4 Å². The first-order valence-corrected chi connectivity index (χ1v) is 9.47. The number of carbonyl (C=O) groups is 2. The first kappa shape index (κ1) is 20.7. The molecule has 2 amide bonds. The first-order chi connectivity index (χ1) is 12.1. The number of hydrogen-bond donors (Lipinski definition) is 2. The number of halogens is 1. The summed E-state index contributed by atoms with van der Waals surface area (Å²) in [4.78, 5) is 26.7. The van der Waals surface area contributed by atoms with E-state index in [1.54, 1.807) is 0 Å². The molecule has 2 unspecified atom stereocenters. The van der Waals surface area contributed by atoms with Gasteiger partial charge in [0, 0.05) is 19.6 Å². The lowest BCUT2D eigenvalue weighted by molar-refractivity contribution is -0.132. The number of piperidine rings is 1. The minimum absolute atomic E-state index is 0. The maximum atomic E-state index is 12.6. The number of rotatable bonds is 5. The van der Waals surface area contributed by atoms with Gasteiger partial charge in [0.05, 0.1) is 12.5 Å². The molecule has 2 fully saturated rings. The Bertz CT molecular complexity index is 617. The molecule has 2 aliphatic heterocycles. The van der Waals surface area contributed by atoms with Gasteiger partial charge in [-0.05, 0) is 56.2 Å². The van der Waals surface area contributed by atoms with Gasteiger partial charge < -0.3 is 15.5 Å². The minimum Gasteiger partial charge on any atom is -0.354 e. The van der Waals surface area contributed by atoms with Crippen LogP contribution in [0.25, 0.3) is 0 Å². The third kappa shape index (κ3) is 5.45. The van der Waals surface area contributed by atoms with Gasteiger partial charge in [0.2, 0.25) is 11.8 Å². The summed E-state index contributed by atoms with van der Waals surface area (Å²) in [5, 5.41) is 6.30. The molecule has 0 saturated carbocycles. The number of aryl methyl sites for hydroxylation is 1. The molecule has 0 aliphatic carbocycles. The zero-order valence-corrected chi connectivity index (χ0v) is 16.3. The Balaban J connectivity index is 0.00000243. The molecule has 2 N–H and O–H groups in total. The number of nitrogens with one attached hydrogen (secondary N) is 2. The van der Waals surface area contributed by atoms with E-state index in [9.17, 15) is 9.59 Å². The fourth-order valence-corrected chi connectivity index (χ4v) is 3.82. The standard InChI is InChI=1S/C20H29N3O2.ClH/c1-15-6-2-3-8-17(15)12-19(24)23-11-5-7-16(14-23)13-22-20(25)18-9-4-10-21-18;/h2-3,6,8,16,18,21H,4-5,7,9-14H2,1H3,(H,22,25);1H. The summed E-state index contributed by atoms with van der Waals surface area (Å²) in [7, 11) is 0. The Morgan fingerprint density at radius 3 is 2.77 bits per heavy atom. The highest BCUT2D eigenvalue weighted by molar-refractivity contribution is 5.85. The van der Waals surface area contributed by atoms with Crippen LogP contribution in [0.4, 0.5) is 0 Å². The number of nitrogens with zero attached hydrogens (tertiary/aromatic N) is 1. The molecule has 0 spiro atoms. The number of hydrogen-bond acceptors (Lipinski definition) is 3. The highest BCUT2D eigenvalue weighted by atomic mass is 35.5. The van der Waals surface area contributed by atoms with Crippen molar-refractivity contribution in [1.82, 2.24) is 15.5 Å². The number of carbonyl (C=O) groups excluding carboxylic acids is 2. The fraction of sp³-hybridized carbons (Fsp3) is 0.600. The molecular formula is C20H30ClN3O2. The summed E-state index contributed by atoms with van der Waals surface area (Å²) >= 11 is 0. The molecular weight excluding hydrogens is 350 g/mol. The molecule has 0 radical (unpaired) electrons. The van der Waals surface area contributed by atoms with Crippen LogP contribution in [0.2, 0.25) is 0 Å². The molecule has 2 heterocycles. The number of amides is 2. The average Bonchev–Trinajstić information content (AvgIpc) is 3.16. The van der Waals surface area contributed by atoms with E-state index in [0.29, 0.717) is 18.9 Å². The Hall–Kier alpha value is -1.59. The van der Waals surface area contributed by atoms with Crippen LogP contribution in [-0.4, -0.2) is 48.9 Å². The third-order valence-corrected chi connectivity index (χ3v) is 5.42. The summed E-state index contributed by atoms with van der Waals surface area (Å²) in [5.74, 6) is 0.670. The predicted molar refractivity (Wildman–Crippen MR) is 105 cm³/mol. The normalized spacial score (nSPS) is 22.6. The van der Waals surface area contributed by atoms with Crippen LogP contribution >= 0.6 is 12.4 Å². The van der Waals surface area contributed by atoms with Gasteiger partial charge in [0.1, 0.15) is 0 Å². The SMILES string of the molecule is Cc1ccccc1CC(=O)N1CCCC(CNC(=O)C2CCCN2)C1.Cl. The van der Waals surface area contributed by atoms with Gasteiger partial charge >= 0.3 is 0 Å². The van der Waals surface area contributed by atoms with E-state index in [2.05, 4.69) is 10.6 Å². The Labute approximate surface area is 162 Å². The summed E-state index contributed by atoms with van der Waals surface area (Å²) in [6, 6.07) is 8.04. The molecule has 26 heavy (non-hydrogen) atoms. The van der Waals surface area contributed by atoms with Gasteiger partial charge in [-0.1, -0.05) is 24.3 Å². The van der Waals surface area contributed by atoms with E-state index in [0.717, 1.165) is 50.9 Å². The zero-order chi connectivity index (χ0) is 17.6. The molecule has 0 aromatic heterocycles. The smallest absolute Gasteiger partial charge is 0.237 e. The Morgan fingerprint density at radius 2 is 2.04 bits per heavy atom. The summed E-state index contributed by atoms with van der Waals surface area (Å²) in [6.45, 7) is 5.24. The minimum atomic E-state index is -0.0256. The molecule has 2 aliphatic rings. The molecule has 2 atom stereocenters. The second-order valence-corrected chi connectivity index (χ2v) is 7.35. The first-order valence-electron chi connectivity index (χ1n) is 9.47. The van der Waals surface area contributed by atoms with Gasteiger partial charge in [-0.2, -0.15) is 0 Å². The van der Waals surface area contributed by atoms with E-state index in [-0.39, 0.29) is 30.3 Å². The second kappa shape index (κ2) is 9.93. The van der Waals surface area contributed by atoms with E-state index in [4.69, 9.17) is 0 Å². The Kier molecular flexibility index (Phi) is 7.91. The van der Waals surface area contributed by atoms with Crippen molar-refractivity contribution < 1.29 is 9.59 Å². The summed E-state index contributed by atoms with van der Waals surface area (Å²) in [5.41, 5.74) is 2.27. The maximum Gasteiger partial charge on any atom is 0.237 e. The molecule has 5 nitrogen and oxygen atoms in total. The molecule has 3 rings (SSSR count). The average molecular weight is 380 g/mol. The van der Waals surface area contributed by atoms with Crippen molar-refractivity contribution in [3.8, 4) is 0 Å². The van der Waals surface area contributed by atoms with Crippen LogP contribution in [0, 0.1) is 12.8 Å². The van der Waals surface area contributed by atoms with Gasteiger partial charge in [-0.15, -0.1) is 12.4 Å². The van der Waals surface area contributed by atoms with E-state index in [1.807, 2.05) is 36.1 Å². The zero-order valence-electron chi connectivity index (χ0n) is 15.5. The largest absolute Gasteiger partial charge is 0.354 e. The summed E-state index contributed by atoms with van der Waals surface area (Å²) < 4.78 is 0. The highest BCUT2D eigenvalue weighted by Crippen LogP contribution is 2.18. The van der Waals surface area contributed by atoms with Crippen molar-refractivity contribution in [1.29, 1.82) is 0 Å². The van der Waals surface area contributed by atoms with Crippen molar-refractivity contribution in [3.05, 3.63) is 35.4 Å². The van der Waals surface area contributed by atoms with Crippen LogP contribution in [-0.2, 0) is 16.0 Å². The van der Waals surface area contributed by atoms with Crippen LogP contribution in [0.5, 0.6) is 0 Å². The fourth-order valence-electron chi connectivity index (χ4n) is 3.82. The molecule has 1 aromatic carbocycles. The van der Waals surface area contributed by atoms with Crippen LogP contribution in [0.3, 0.4) is 0 Å². The van der Waals surface area contributed by atoms with Crippen molar-refractivity contribution in [2.45, 2.75) is 45.1 Å². The van der Waals surface area contributed by atoms with Crippen molar-refractivity contribution in [2.24, 2.45) is 5.92 Å². The van der Waals surface area contributed by atoms with Crippen LogP contribution in [0.1, 0.15) is 36.8 Å². The van der Waals surface area contributed by atoms with E-state index in [1.165, 1.54) is 5.56 Å². The number of benzene rings is 1. The summed E-state index contributed by atoms with van der Waals surface area (Å²) in [6.07, 6.45) is 4.56. The van der Waals surface area contributed by atoms with Crippen molar-refractivity contribution in [2.75, 3.05) is 26.2 Å². The predicted octanol–water partition coefficient (Wildman–Crippen LogP) is 2.07. The molecule has 144 valence electrons. The monoisotopic (exact) mass is 379 g/mol. The Morgan fingerprint density at radius 1 is 1.23 bits per heavy atom. The molecule has 1 aromatic rings. The quantitative estimate of drug-likeness (QED) is 0.823. The third-order valence-electron chi connectivity index (χ3n) is 5.42. The van der Waals surface area contributed by atoms with E-state index >= 15 is 0 Å². The van der Waals surface area contributed by atoms with Crippen LogP contribution in [0.15, 0.2) is 24.3 Å². The lowest BCUT2D eigenvalue weighted by atomic mass is 9.96. The maximum absolute atomic E-state index is 12.6. The van der Waals surface area contributed by atoms with Crippen LogP contribution < -0.4 is 10.6 Å². The van der Waals surface area contributed by atoms with Crippen molar-refractivity contribution >= 4 is 24.2 Å².